The zero-order valence-corrected chi connectivity index (χ0v) is 18.7. The number of nitrogens with one attached hydrogen (secondary N) is 1. The predicted molar refractivity (Wildman–Crippen MR) is 124 cm³/mol. The molecular formula is C25H26N4O4. The van der Waals surface area contributed by atoms with Crippen molar-refractivity contribution in [1.29, 1.82) is 0 Å². The van der Waals surface area contributed by atoms with Crippen molar-refractivity contribution in [2.75, 3.05) is 13.1 Å². The Morgan fingerprint density at radius 2 is 1.94 bits per heavy atom. The van der Waals surface area contributed by atoms with Crippen LogP contribution in [0, 0.1) is 16.0 Å². The minimum atomic E-state index is -0.630. The number of nitro groups is 1. The maximum Gasteiger partial charge on any atom is 0.269 e. The van der Waals surface area contributed by atoms with E-state index in [1.807, 2.05) is 24.3 Å². The Hall–Kier alpha value is -3.68. The van der Waals surface area contributed by atoms with Crippen LogP contribution in [0.4, 0.5) is 5.69 Å². The second-order valence-electron chi connectivity index (χ2n) is 9.28. The molecule has 8 nitrogen and oxygen atoms in total. The van der Waals surface area contributed by atoms with Gasteiger partial charge in [-0.15, -0.1) is 0 Å². The number of hydrogen-bond donors (Lipinski definition) is 1. The van der Waals surface area contributed by atoms with Gasteiger partial charge >= 0.3 is 0 Å². The van der Waals surface area contributed by atoms with Crippen molar-refractivity contribution in [2.45, 2.75) is 38.8 Å². The molecule has 0 aliphatic carbocycles. The largest absolute Gasteiger partial charge is 0.356 e. The number of nitrogens with zero attached hydrogens (tertiary/aromatic N) is 3. The molecule has 0 bridgehead atoms. The average molecular weight is 447 g/mol. The second-order valence-corrected chi connectivity index (χ2v) is 9.28. The molecule has 1 N–H and O–H groups in total. The third kappa shape index (κ3) is 3.55. The van der Waals surface area contributed by atoms with Crippen molar-refractivity contribution in [3.05, 3.63) is 75.5 Å². The Morgan fingerprint density at radius 1 is 1.15 bits per heavy atom. The van der Waals surface area contributed by atoms with Crippen molar-refractivity contribution < 1.29 is 14.5 Å². The smallest absolute Gasteiger partial charge is 0.269 e. The standard InChI is InChI=1S/C25H26N4O4/c1-15(2)10-11-27-14-22(30)28-21(25(27)31)13-19-18-8-3-4-9-20(18)26-23(19)24(28)16-6-5-7-17(12-16)29(32)33/h3-9,12,15,21,24,26H,10-11,13-14H2,1-2H3/t21-,24-/m1/s1. The van der Waals surface area contributed by atoms with Gasteiger partial charge in [0, 0.05) is 41.7 Å². The molecule has 0 radical (unpaired) electrons. The zero-order valence-electron chi connectivity index (χ0n) is 18.7. The van der Waals surface area contributed by atoms with Gasteiger partial charge in [-0.1, -0.05) is 44.2 Å². The minimum absolute atomic E-state index is 0.0308. The number of rotatable bonds is 5. The number of hydrogen-bond acceptors (Lipinski definition) is 4. The zero-order chi connectivity index (χ0) is 23.3. The molecule has 1 fully saturated rings. The fourth-order valence-corrected chi connectivity index (χ4v) is 5.08. The molecule has 3 aromatic rings. The third-order valence-electron chi connectivity index (χ3n) is 6.72. The molecule has 33 heavy (non-hydrogen) atoms. The average Bonchev–Trinajstić information content (AvgIpc) is 3.17. The highest BCUT2D eigenvalue weighted by Crippen LogP contribution is 2.43. The SMILES string of the molecule is CC(C)CCN1CC(=O)N2[C@H](c3cccc([N+](=O)[O-])c3)c3[nH]c4ccccc4c3C[C@@H]2C1=O. The molecule has 0 unspecified atom stereocenters. The first-order chi connectivity index (χ1) is 15.8. The van der Waals surface area contributed by atoms with Gasteiger partial charge in [-0.3, -0.25) is 19.7 Å². The number of benzene rings is 2. The number of para-hydroxylation sites is 1. The van der Waals surface area contributed by atoms with Crippen molar-refractivity contribution in [2.24, 2.45) is 5.92 Å². The van der Waals surface area contributed by atoms with Crippen LogP contribution in [0.25, 0.3) is 10.9 Å². The molecule has 2 aliphatic heterocycles. The maximum atomic E-state index is 13.6. The van der Waals surface area contributed by atoms with Gasteiger partial charge in [-0.25, -0.2) is 0 Å². The normalized spacial score (nSPS) is 20.3. The van der Waals surface area contributed by atoms with Gasteiger partial charge in [-0.05, 0) is 29.5 Å². The Morgan fingerprint density at radius 3 is 2.70 bits per heavy atom. The minimum Gasteiger partial charge on any atom is -0.356 e. The van der Waals surface area contributed by atoms with Gasteiger partial charge in [0.05, 0.1) is 17.5 Å². The van der Waals surface area contributed by atoms with Crippen LogP contribution in [0.3, 0.4) is 0 Å². The summed E-state index contributed by atoms with van der Waals surface area (Å²) in [6, 6.07) is 13.0. The Kier molecular flexibility index (Phi) is 5.15. The number of non-ortho nitro benzene ring substituents is 1. The summed E-state index contributed by atoms with van der Waals surface area (Å²) in [6.07, 6.45) is 1.26. The molecule has 0 saturated carbocycles. The van der Waals surface area contributed by atoms with Crippen LogP contribution in [0.1, 0.15) is 43.1 Å². The lowest BCUT2D eigenvalue weighted by Crippen LogP contribution is -2.63. The van der Waals surface area contributed by atoms with Crippen LogP contribution in [0.15, 0.2) is 48.5 Å². The Labute approximate surface area is 191 Å². The number of carbonyl (C=O) groups is 2. The molecule has 1 saturated heterocycles. The van der Waals surface area contributed by atoms with Gasteiger partial charge < -0.3 is 14.8 Å². The van der Waals surface area contributed by atoms with E-state index in [4.69, 9.17) is 0 Å². The Balaban J connectivity index is 1.65. The molecule has 170 valence electrons. The van der Waals surface area contributed by atoms with E-state index in [9.17, 15) is 19.7 Å². The number of H-pyrrole nitrogens is 1. The summed E-state index contributed by atoms with van der Waals surface area (Å²) in [5.41, 5.74) is 3.33. The van der Waals surface area contributed by atoms with E-state index >= 15 is 0 Å². The van der Waals surface area contributed by atoms with E-state index in [2.05, 4.69) is 18.8 Å². The summed E-state index contributed by atoms with van der Waals surface area (Å²) < 4.78 is 0. The van der Waals surface area contributed by atoms with E-state index in [0.717, 1.165) is 28.6 Å². The lowest BCUT2D eigenvalue weighted by Gasteiger charge is -2.47. The molecule has 2 amide bonds. The third-order valence-corrected chi connectivity index (χ3v) is 6.72. The first kappa shape index (κ1) is 21.2. The monoisotopic (exact) mass is 446 g/mol. The van der Waals surface area contributed by atoms with E-state index in [1.54, 1.807) is 21.9 Å². The van der Waals surface area contributed by atoms with Gasteiger partial charge in [-0.2, -0.15) is 0 Å². The van der Waals surface area contributed by atoms with Crippen LogP contribution >= 0.6 is 0 Å². The fraction of sp³-hybridized carbons (Fsp3) is 0.360. The first-order valence-corrected chi connectivity index (χ1v) is 11.3. The molecule has 2 aromatic carbocycles. The van der Waals surface area contributed by atoms with Gasteiger partial charge in [0.2, 0.25) is 11.8 Å². The van der Waals surface area contributed by atoms with Gasteiger partial charge in [0.25, 0.3) is 5.69 Å². The molecular weight excluding hydrogens is 420 g/mol. The molecule has 2 aliphatic rings. The first-order valence-electron chi connectivity index (χ1n) is 11.3. The number of piperazine rings is 1. The van der Waals surface area contributed by atoms with Crippen molar-refractivity contribution in [3.63, 3.8) is 0 Å². The fourth-order valence-electron chi connectivity index (χ4n) is 5.08. The number of fused-ring (bicyclic) bond motifs is 4. The quantitative estimate of drug-likeness (QED) is 0.476. The van der Waals surface area contributed by atoms with Crippen molar-refractivity contribution in [3.8, 4) is 0 Å². The summed E-state index contributed by atoms with van der Waals surface area (Å²) in [6.45, 7) is 4.78. The number of amides is 2. The predicted octanol–water partition coefficient (Wildman–Crippen LogP) is 3.81. The van der Waals surface area contributed by atoms with Crippen LogP contribution < -0.4 is 0 Å². The summed E-state index contributed by atoms with van der Waals surface area (Å²) in [4.78, 5) is 44.8. The topological polar surface area (TPSA) is 99.5 Å². The summed E-state index contributed by atoms with van der Waals surface area (Å²) in [7, 11) is 0. The highest BCUT2D eigenvalue weighted by atomic mass is 16.6. The molecule has 8 heteroatoms. The molecule has 1 aromatic heterocycles. The number of aromatic amines is 1. The van der Waals surface area contributed by atoms with Crippen LogP contribution in [-0.2, 0) is 16.0 Å². The van der Waals surface area contributed by atoms with Crippen LogP contribution in [-0.4, -0.2) is 50.7 Å². The number of aromatic nitrogens is 1. The molecule has 5 rings (SSSR count). The highest BCUT2D eigenvalue weighted by molar-refractivity contribution is 5.97. The highest BCUT2D eigenvalue weighted by Gasteiger charge is 2.48. The van der Waals surface area contributed by atoms with Crippen molar-refractivity contribution >= 4 is 28.4 Å². The van der Waals surface area contributed by atoms with E-state index < -0.39 is 17.0 Å². The van der Waals surface area contributed by atoms with E-state index in [0.29, 0.717) is 24.4 Å². The maximum absolute atomic E-state index is 13.6. The molecule has 0 spiro atoms. The van der Waals surface area contributed by atoms with Gasteiger partial charge in [0.1, 0.15) is 6.04 Å². The van der Waals surface area contributed by atoms with Gasteiger partial charge in [0.15, 0.2) is 0 Å². The van der Waals surface area contributed by atoms with Crippen LogP contribution in [0.2, 0.25) is 0 Å². The summed E-state index contributed by atoms with van der Waals surface area (Å²) in [5, 5.41) is 12.5. The van der Waals surface area contributed by atoms with Crippen molar-refractivity contribution in [1.82, 2.24) is 14.8 Å². The summed E-state index contributed by atoms with van der Waals surface area (Å²) >= 11 is 0. The molecule has 3 heterocycles. The lowest BCUT2D eigenvalue weighted by atomic mass is 9.86. The van der Waals surface area contributed by atoms with E-state index in [-0.39, 0.29) is 24.0 Å². The number of carbonyl (C=O) groups excluding carboxylic acids is 2. The molecule has 2 atom stereocenters. The summed E-state index contributed by atoms with van der Waals surface area (Å²) in [5.74, 6) is 0.237. The van der Waals surface area contributed by atoms with Crippen LogP contribution in [0.5, 0.6) is 0 Å². The second kappa shape index (κ2) is 8.03. The Bertz CT molecular complexity index is 1260. The number of nitro benzene ring substituents is 1. The van der Waals surface area contributed by atoms with E-state index in [1.165, 1.54) is 12.1 Å². The lowest BCUT2D eigenvalue weighted by molar-refractivity contribution is -0.384.